The van der Waals surface area contributed by atoms with Crippen molar-refractivity contribution in [1.82, 2.24) is 4.98 Å². The third-order valence-corrected chi connectivity index (χ3v) is 5.63. The molecule has 2 aromatic heterocycles. The molecule has 1 atom stereocenters. The van der Waals surface area contributed by atoms with Crippen molar-refractivity contribution < 1.29 is 14.3 Å². The first-order chi connectivity index (χ1) is 14.4. The summed E-state index contributed by atoms with van der Waals surface area (Å²) >= 11 is 3.38. The van der Waals surface area contributed by atoms with Gasteiger partial charge in [-0.15, -0.1) is 0 Å². The summed E-state index contributed by atoms with van der Waals surface area (Å²) in [5, 5.41) is 10.4. The third kappa shape index (κ3) is 2.81. The highest BCUT2D eigenvalue weighted by atomic mass is 79.9. The van der Waals surface area contributed by atoms with Crippen LogP contribution in [0, 0.1) is 6.92 Å². The van der Waals surface area contributed by atoms with Gasteiger partial charge in [-0.2, -0.15) is 0 Å². The van der Waals surface area contributed by atoms with Crippen LogP contribution >= 0.6 is 15.9 Å². The number of phenols is 1. The van der Waals surface area contributed by atoms with E-state index in [1.165, 1.54) is 11.0 Å². The van der Waals surface area contributed by atoms with Crippen LogP contribution in [0.15, 0.2) is 74.3 Å². The number of aromatic hydroxyl groups is 1. The first-order valence-electron chi connectivity index (χ1n) is 9.26. The van der Waals surface area contributed by atoms with Crippen molar-refractivity contribution in [2.24, 2.45) is 0 Å². The number of benzene rings is 2. The summed E-state index contributed by atoms with van der Waals surface area (Å²) in [4.78, 5) is 32.9. The van der Waals surface area contributed by atoms with Crippen LogP contribution in [0.1, 0.15) is 33.4 Å². The number of aromatic nitrogens is 1. The molecule has 4 aromatic rings. The third-order valence-electron chi connectivity index (χ3n) is 5.14. The lowest BCUT2D eigenvalue weighted by atomic mass is 9.98. The van der Waals surface area contributed by atoms with Crippen LogP contribution in [-0.4, -0.2) is 16.0 Å². The van der Waals surface area contributed by atoms with E-state index in [4.69, 9.17) is 4.42 Å². The Balaban J connectivity index is 1.84. The monoisotopic (exact) mass is 462 g/mol. The van der Waals surface area contributed by atoms with Crippen molar-refractivity contribution in [2.75, 3.05) is 4.90 Å². The van der Waals surface area contributed by atoms with Crippen LogP contribution < -0.4 is 10.3 Å². The number of pyridine rings is 1. The molecule has 1 N–H and O–H groups in total. The predicted octanol–water partition coefficient (Wildman–Crippen LogP) is 4.71. The largest absolute Gasteiger partial charge is 0.508 e. The fraction of sp³-hybridized carbons (Fsp3) is 0.0870. The summed E-state index contributed by atoms with van der Waals surface area (Å²) in [5.41, 5.74) is 1.61. The van der Waals surface area contributed by atoms with E-state index in [1.54, 1.807) is 48.5 Å². The minimum atomic E-state index is -0.770. The zero-order valence-electron chi connectivity index (χ0n) is 15.8. The van der Waals surface area contributed by atoms with Gasteiger partial charge in [0, 0.05) is 10.2 Å². The number of amides is 1. The molecule has 0 saturated carbocycles. The van der Waals surface area contributed by atoms with E-state index in [1.807, 2.05) is 13.0 Å². The van der Waals surface area contributed by atoms with Gasteiger partial charge in [-0.1, -0.05) is 34.1 Å². The van der Waals surface area contributed by atoms with Gasteiger partial charge in [0.2, 0.25) is 5.76 Å². The van der Waals surface area contributed by atoms with Gasteiger partial charge in [-0.05, 0) is 55.0 Å². The molecule has 0 radical (unpaired) electrons. The average molecular weight is 463 g/mol. The maximum atomic E-state index is 13.5. The number of carbonyl (C=O) groups is 1. The lowest BCUT2D eigenvalue weighted by Gasteiger charge is -2.24. The Bertz CT molecular complexity index is 1400. The van der Waals surface area contributed by atoms with Crippen LogP contribution in [0.25, 0.3) is 11.0 Å². The predicted molar refractivity (Wildman–Crippen MR) is 116 cm³/mol. The Labute approximate surface area is 179 Å². The molecule has 1 amide bonds. The molecule has 1 aliphatic heterocycles. The fourth-order valence-electron chi connectivity index (χ4n) is 3.85. The van der Waals surface area contributed by atoms with Crippen molar-refractivity contribution in [1.29, 1.82) is 0 Å². The Morgan fingerprint density at radius 3 is 2.63 bits per heavy atom. The second kappa shape index (κ2) is 6.81. The first kappa shape index (κ1) is 18.6. The summed E-state index contributed by atoms with van der Waals surface area (Å²) in [5.74, 6) is -0.00677. The molecular formula is C23H15BrN2O4. The number of fused-ring (bicyclic) bond motifs is 2. The number of phenolic OH excluding ortho intramolecular Hbond substituents is 1. The van der Waals surface area contributed by atoms with Crippen LogP contribution in [0.3, 0.4) is 0 Å². The Hall–Kier alpha value is -3.45. The molecule has 0 saturated heterocycles. The smallest absolute Gasteiger partial charge is 0.296 e. The summed E-state index contributed by atoms with van der Waals surface area (Å²) in [6.07, 6.45) is 0. The van der Waals surface area contributed by atoms with Gasteiger partial charge in [0.15, 0.2) is 5.43 Å². The fourth-order valence-corrected chi connectivity index (χ4v) is 4.22. The zero-order chi connectivity index (χ0) is 21.0. The molecule has 148 valence electrons. The van der Waals surface area contributed by atoms with Crippen LogP contribution in [0.2, 0.25) is 0 Å². The summed E-state index contributed by atoms with van der Waals surface area (Å²) < 4.78 is 6.65. The highest BCUT2D eigenvalue weighted by molar-refractivity contribution is 9.10. The van der Waals surface area contributed by atoms with Gasteiger partial charge in [0.1, 0.15) is 17.2 Å². The standard InChI is InChI=1S/C23H15BrN2O4/c1-12-4-2-7-18(25-12)26-20(13-5-3-6-15(27)10-13)19-21(28)16-11-14(24)8-9-17(16)30-22(19)23(26)29/h2-11,20,27H,1H3/t20-/m0/s1. The van der Waals surface area contributed by atoms with Crippen molar-refractivity contribution in [2.45, 2.75) is 13.0 Å². The molecule has 1 aliphatic rings. The Kier molecular flexibility index (Phi) is 4.22. The minimum absolute atomic E-state index is 0.00790. The maximum Gasteiger partial charge on any atom is 0.296 e. The molecule has 6 nitrogen and oxygen atoms in total. The van der Waals surface area contributed by atoms with Gasteiger partial charge < -0.3 is 9.52 Å². The first-order valence-corrected chi connectivity index (χ1v) is 10.1. The molecule has 2 aromatic carbocycles. The quantitative estimate of drug-likeness (QED) is 0.466. The van der Waals surface area contributed by atoms with E-state index >= 15 is 0 Å². The number of halogens is 1. The number of rotatable bonds is 2. The summed E-state index contributed by atoms with van der Waals surface area (Å²) in [6, 6.07) is 16.2. The van der Waals surface area contributed by atoms with Crippen LogP contribution in [0.5, 0.6) is 5.75 Å². The molecule has 0 fully saturated rings. The van der Waals surface area contributed by atoms with Crippen molar-refractivity contribution in [3.63, 3.8) is 0 Å². The molecule has 3 heterocycles. The molecule has 0 bridgehead atoms. The zero-order valence-corrected chi connectivity index (χ0v) is 17.4. The number of aryl methyl sites for hydroxylation is 1. The molecule has 0 unspecified atom stereocenters. The van der Waals surface area contributed by atoms with Crippen LogP contribution in [0.4, 0.5) is 5.82 Å². The summed E-state index contributed by atoms with van der Waals surface area (Å²) in [6.45, 7) is 1.83. The molecule has 5 rings (SSSR count). The van der Waals surface area contributed by atoms with Gasteiger partial charge in [0.05, 0.1) is 17.0 Å². The van der Waals surface area contributed by atoms with Gasteiger partial charge in [-0.25, -0.2) is 4.98 Å². The summed E-state index contributed by atoms with van der Waals surface area (Å²) in [7, 11) is 0. The molecule has 0 aliphatic carbocycles. The number of hydrogen-bond donors (Lipinski definition) is 1. The van der Waals surface area contributed by atoms with E-state index < -0.39 is 11.9 Å². The molecule has 7 heteroatoms. The number of nitrogens with zero attached hydrogens (tertiary/aromatic N) is 2. The lowest BCUT2D eigenvalue weighted by Crippen LogP contribution is -2.30. The van der Waals surface area contributed by atoms with Crippen molar-refractivity contribution in [3.8, 4) is 5.75 Å². The minimum Gasteiger partial charge on any atom is -0.508 e. The van der Waals surface area contributed by atoms with Crippen LogP contribution in [-0.2, 0) is 0 Å². The molecule has 0 spiro atoms. The maximum absolute atomic E-state index is 13.5. The second-order valence-electron chi connectivity index (χ2n) is 7.12. The lowest BCUT2D eigenvalue weighted by molar-refractivity contribution is 0.0970. The highest BCUT2D eigenvalue weighted by Crippen LogP contribution is 2.41. The van der Waals surface area contributed by atoms with E-state index in [9.17, 15) is 14.7 Å². The van der Waals surface area contributed by atoms with Gasteiger partial charge in [-0.3, -0.25) is 14.5 Å². The second-order valence-corrected chi connectivity index (χ2v) is 8.04. The molecule has 30 heavy (non-hydrogen) atoms. The Morgan fingerprint density at radius 2 is 1.87 bits per heavy atom. The van der Waals surface area contributed by atoms with E-state index in [-0.39, 0.29) is 22.5 Å². The van der Waals surface area contributed by atoms with Gasteiger partial charge in [0.25, 0.3) is 5.91 Å². The SMILES string of the molecule is Cc1cccc(N2C(=O)c3oc4ccc(Br)cc4c(=O)c3[C@@H]2c2cccc(O)c2)n1. The van der Waals surface area contributed by atoms with Gasteiger partial charge >= 0.3 is 0 Å². The number of hydrogen-bond acceptors (Lipinski definition) is 5. The topological polar surface area (TPSA) is 83.6 Å². The van der Waals surface area contributed by atoms with E-state index in [2.05, 4.69) is 20.9 Å². The average Bonchev–Trinajstić information content (AvgIpc) is 3.01. The van der Waals surface area contributed by atoms with E-state index in [0.29, 0.717) is 22.4 Å². The highest BCUT2D eigenvalue weighted by Gasteiger charge is 2.44. The number of carbonyl (C=O) groups excluding carboxylic acids is 1. The number of anilines is 1. The molecular weight excluding hydrogens is 448 g/mol. The van der Waals surface area contributed by atoms with Crippen molar-refractivity contribution >= 4 is 38.6 Å². The normalized spacial score (nSPS) is 15.6. The van der Waals surface area contributed by atoms with E-state index in [0.717, 1.165) is 10.2 Å². The Morgan fingerprint density at radius 1 is 1.07 bits per heavy atom. The van der Waals surface area contributed by atoms with Crippen molar-refractivity contribution in [3.05, 3.63) is 97.9 Å².